The number of carbonyl (C=O) groups excluding carboxylic acids is 1. The number of esters is 1. The van der Waals surface area contributed by atoms with Crippen LogP contribution in [0, 0.1) is 34.5 Å². The van der Waals surface area contributed by atoms with Gasteiger partial charge in [0, 0.05) is 25.0 Å². The van der Waals surface area contributed by atoms with E-state index in [1.807, 2.05) is 6.92 Å². The molecule has 4 saturated carbocycles. The van der Waals surface area contributed by atoms with Crippen molar-refractivity contribution in [3.05, 3.63) is 11.6 Å². The average Bonchev–Trinajstić information content (AvgIpc) is 3.41. The van der Waals surface area contributed by atoms with Crippen LogP contribution < -0.4 is 0 Å². The van der Waals surface area contributed by atoms with Crippen LogP contribution in [0.3, 0.4) is 0 Å². The molecule has 6 rings (SSSR count). The van der Waals surface area contributed by atoms with E-state index in [-0.39, 0.29) is 47.3 Å². The number of methoxy groups -OCH3 is 1. The zero-order chi connectivity index (χ0) is 26.2. The molecule has 6 aliphatic rings. The lowest BCUT2D eigenvalue weighted by atomic mass is 9.43. The van der Waals surface area contributed by atoms with Gasteiger partial charge in [0.2, 0.25) is 0 Å². The van der Waals surface area contributed by atoms with E-state index in [1.54, 1.807) is 13.2 Å². The Morgan fingerprint density at radius 2 is 1.84 bits per heavy atom. The van der Waals surface area contributed by atoms with Gasteiger partial charge >= 0.3 is 5.97 Å². The van der Waals surface area contributed by atoms with Gasteiger partial charge in [-0.3, -0.25) is 0 Å². The van der Waals surface area contributed by atoms with Crippen molar-refractivity contribution in [3.63, 3.8) is 0 Å². The summed E-state index contributed by atoms with van der Waals surface area (Å²) in [6.45, 7) is 7.07. The van der Waals surface area contributed by atoms with Gasteiger partial charge in [0.1, 0.15) is 12.7 Å². The second kappa shape index (κ2) is 9.29. The van der Waals surface area contributed by atoms with E-state index in [4.69, 9.17) is 18.9 Å². The van der Waals surface area contributed by atoms with Crippen LogP contribution >= 0.6 is 0 Å². The van der Waals surface area contributed by atoms with Crippen molar-refractivity contribution >= 4 is 5.97 Å². The Balaban J connectivity index is 1.15. The highest BCUT2D eigenvalue weighted by Gasteiger charge is 2.67. The van der Waals surface area contributed by atoms with Crippen molar-refractivity contribution in [1.29, 1.82) is 0 Å². The molecule has 208 valence electrons. The normalized spacial score (nSPS) is 53.6. The molecular weight excluding hydrogens is 472 g/mol. The summed E-state index contributed by atoms with van der Waals surface area (Å²) in [5.41, 5.74) is 0.461. The van der Waals surface area contributed by atoms with Crippen molar-refractivity contribution in [2.45, 2.75) is 121 Å². The quantitative estimate of drug-likeness (QED) is 0.427. The van der Waals surface area contributed by atoms with Crippen LogP contribution in [0.15, 0.2) is 11.6 Å². The topological polar surface area (TPSA) is 94.5 Å². The number of hydrogen-bond donors (Lipinski definition) is 2. The molecule has 0 unspecified atom stereocenters. The Labute approximate surface area is 221 Å². The first-order valence-electron chi connectivity index (χ1n) is 14.7. The minimum atomic E-state index is -0.670. The molecule has 0 amide bonds. The number of carbonyl (C=O) groups is 1. The van der Waals surface area contributed by atoms with Gasteiger partial charge in [-0.05, 0) is 99.4 Å². The van der Waals surface area contributed by atoms with Crippen molar-refractivity contribution in [2.24, 2.45) is 34.5 Å². The molecule has 0 aromatic rings. The molecule has 0 spiro atoms. The smallest absolute Gasteiger partial charge is 0.331 e. The third-order valence-corrected chi connectivity index (χ3v) is 12.2. The molecule has 7 heteroatoms. The van der Waals surface area contributed by atoms with Crippen LogP contribution in [-0.2, 0) is 23.7 Å². The number of rotatable bonds is 4. The molecule has 37 heavy (non-hydrogen) atoms. The van der Waals surface area contributed by atoms with E-state index in [0.717, 1.165) is 63.4 Å². The summed E-state index contributed by atoms with van der Waals surface area (Å²) >= 11 is 0. The van der Waals surface area contributed by atoms with Crippen molar-refractivity contribution in [3.8, 4) is 0 Å². The molecule has 1 saturated heterocycles. The molecule has 0 aromatic carbocycles. The monoisotopic (exact) mass is 518 g/mol. The van der Waals surface area contributed by atoms with E-state index in [2.05, 4.69) is 13.8 Å². The molecule has 12 atom stereocenters. The van der Waals surface area contributed by atoms with Gasteiger partial charge in [0.05, 0.1) is 23.9 Å². The fraction of sp³-hybridized carbons (Fsp3) is 0.900. The van der Waals surface area contributed by atoms with Gasteiger partial charge < -0.3 is 29.2 Å². The first kappa shape index (κ1) is 26.2. The highest BCUT2D eigenvalue weighted by molar-refractivity contribution is 5.85. The predicted octanol–water partition coefficient (Wildman–Crippen LogP) is 4.14. The second-order valence-corrected chi connectivity index (χ2v) is 13.6. The number of ether oxygens (including phenoxy) is 4. The van der Waals surface area contributed by atoms with Crippen molar-refractivity contribution in [2.75, 3.05) is 13.7 Å². The molecule has 0 aromatic heterocycles. The Morgan fingerprint density at radius 1 is 1.03 bits per heavy atom. The number of cyclic esters (lactones) is 1. The third-order valence-electron chi connectivity index (χ3n) is 12.2. The fourth-order valence-corrected chi connectivity index (χ4v) is 10.0. The lowest BCUT2D eigenvalue weighted by Crippen LogP contribution is -2.62. The lowest BCUT2D eigenvalue weighted by molar-refractivity contribution is -0.273. The van der Waals surface area contributed by atoms with Crippen LogP contribution in [0.25, 0.3) is 0 Å². The van der Waals surface area contributed by atoms with Crippen LogP contribution in [0.4, 0.5) is 0 Å². The van der Waals surface area contributed by atoms with Gasteiger partial charge in [-0.25, -0.2) is 4.79 Å². The molecule has 5 fully saturated rings. The molecule has 2 aliphatic heterocycles. The summed E-state index contributed by atoms with van der Waals surface area (Å²) in [7, 11) is 1.64. The summed E-state index contributed by atoms with van der Waals surface area (Å²) < 4.78 is 23.2. The van der Waals surface area contributed by atoms with Gasteiger partial charge in [-0.15, -0.1) is 0 Å². The largest absolute Gasteiger partial charge is 0.458 e. The van der Waals surface area contributed by atoms with E-state index < -0.39 is 11.7 Å². The highest BCUT2D eigenvalue weighted by Crippen LogP contribution is 2.70. The van der Waals surface area contributed by atoms with Crippen LogP contribution in [-0.4, -0.2) is 66.2 Å². The molecule has 0 radical (unpaired) electrons. The van der Waals surface area contributed by atoms with Gasteiger partial charge in [0.15, 0.2) is 6.29 Å². The molecular formula is C30H46O7. The molecule has 4 aliphatic carbocycles. The van der Waals surface area contributed by atoms with E-state index >= 15 is 0 Å². The second-order valence-electron chi connectivity index (χ2n) is 13.6. The Hall–Kier alpha value is -0.990. The summed E-state index contributed by atoms with van der Waals surface area (Å²) in [6.07, 6.45) is 10.2. The third kappa shape index (κ3) is 3.97. The number of aliphatic hydroxyl groups excluding tert-OH is 1. The zero-order valence-electron chi connectivity index (χ0n) is 23.0. The summed E-state index contributed by atoms with van der Waals surface area (Å²) in [6, 6.07) is 0. The van der Waals surface area contributed by atoms with E-state index in [1.165, 1.54) is 0 Å². The van der Waals surface area contributed by atoms with Crippen LogP contribution in [0.2, 0.25) is 0 Å². The first-order chi connectivity index (χ1) is 17.6. The van der Waals surface area contributed by atoms with Crippen LogP contribution in [0.5, 0.6) is 0 Å². The maximum atomic E-state index is 12.4. The summed E-state index contributed by atoms with van der Waals surface area (Å²) in [5, 5.41) is 22.7. The van der Waals surface area contributed by atoms with Crippen molar-refractivity contribution in [1.82, 2.24) is 0 Å². The van der Waals surface area contributed by atoms with Crippen molar-refractivity contribution < 1.29 is 34.0 Å². The Morgan fingerprint density at radius 3 is 2.57 bits per heavy atom. The Kier molecular flexibility index (Phi) is 6.59. The van der Waals surface area contributed by atoms with Gasteiger partial charge in [-0.2, -0.15) is 0 Å². The molecule has 7 nitrogen and oxygen atoms in total. The minimum Gasteiger partial charge on any atom is -0.458 e. The summed E-state index contributed by atoms with van der Waals surface area (Å²) in [5.74, 6) is 1.45. The first-order valence-corrected chi connectivity index (χ1v) is 14.7. The van der Waals surface area contributed by atoms with Crippen LogP contribution in [0.1, 0.15) is 85.0 Å². The fourth-order valence-electron chi connectivity index (χ4n) is 10.0. The average molecular weight is 519 g/mol. The lowest BCUT2D eigenvalue weighted by Gasteiger charge is -2.64. The predicted molar refractivity (Wildman–Crippen MR) is 136 cm³/mol. The molecule has 2 N–H and O–H groups in total. The Bertz CT molecular complexity index is 935. The maximum Gasteiger partial charge on any atom is 0.331 e. The van der Waals surface area contributed by atoms with E-state index in [9.17, 15) is 15.0 Å². The maximum absolute atomic E-state index is 12.4. The minimum absolute atomic E-state index is 0.166. The summed E-state index contributed by atoms with van der Waals surface area (Å²) in [4.78, 5) is 11.8. The molecule has 2 heterocycles. The number of fused-ring (bicyclic) bond motifs is 5. The van der Waals surface area contributed by atoms with E-state index in [0.29, 0.717) is 30.8 Å². The van der Waals surface area contributed by atoms with Gasteiger partial charge in [-0.1, -0.05) is 13.8 Å². The molecule has 0 bridgehead atoms. The van der Waals surface area contributed by atoms with Gasteiger partial charge in [0.25, 0.3) is 0 Å². The standard InChI is InChI=1S/C30H46O7/c1-17-27(32)24(34-4)15-26(36-17)37-20-7-10-28(2)19(14-20)5-6-23-22(28)8-11-29(3)21(9-12-30(23,29)33)18-13-25(31)35-16-18/h13,17,19-24,26-27,32-33H,5-12,14-16H2,1-4H3/t17-,19+,20+,21+,22-,23+,24+,26-,27+,28+,29-,30+/m1/s1. The zero-order valence-corrected chi connectivity index (χ0v) is 23.0. The SMILES string of the molecule is CO[C@H]1C[C@@H](O[C@H]2CC[C@@]3(C)[C@@H](CC[C@H]4[C@H]3CC[C@]3(C)[C@H](C5=CC(=O)OC5)CC[C@]43O)C2)O[C@H](C)[C@@H]1O. The number of hydrogen-bond acceptors (Lipinski definition) is 7. The number of aliphatic hydroxyl groups is 2. The highest BCUT2D eigenvalue weighted by atomic mass is 16.7.